The van der Waals surface area contributed by atoms with Gasteiger partial charge in [0, 0.05) is 19.1 Å². The topological polar surface area (TPSA) is 102 Å². The Morgan fingerprint density at radius 2 is 2.18 bits per heavy atom. The van der Waals surface area contributed by atoms with Crippen molar-refractivity contribution in [2.75, 3.05) is 13.1 Å². The van der Waals surface area contributed by atoms with Gasteiger partial charge in [0.2, 0.25) is 6.33 Å². The summed E-state index contributed by atoms with van der Waals surface area (Å²) in [5.41, 5.74) is 0. The van der Waals surface area contributed by atoms with E-state index in [1.807, 2.05) is 0 Å². The smallest absolute Gasteiger partial charge is 0.407 e. The predicted octanol–water partition coefficient (Wildman–Crippen LogP) is 1.11. The molecule has 0 saturated carbocycles. The molecule has 8 nitrogen and oxygen atoms in total. The molecule has 0 aromatic carbocycles. The lowest BCUT2D eigenvalue weighted by Gasteiger charge is -2.29. The standard InChI is InChI=1S/C9H12N4O4/c14-9(15)11-3-1-7(2-4-11)12-5-8(10-6-12)13(16)17/h5-7H,1-4H2,(H,14,15). The van der Waals surface area contributed by atoms with Crippen LogP contribution in [0.5, 0.6) is 0 Å². The molecule has 1 aromatic heterocycles. The molecule has 0 spiro atoms. The van der Waals surface area contributed by atoms with Crippen LogP contribution in [0.2, 0.25) is 0 Å². The molecule has 17 heavy (non-hydrogen) atoms. The molecule has 2 rings (SSSR count). The van der Waals surface area contributed by atoms with Crippen molar-refractivity contribution < 1.29 is 14.8 Å². The summed E-state index contributed by atoms with van der Waals surface area (Å²) in [5.74, 6) is -0.175. The van der Waals surface area contributed by atoms with Crippen molar-refractivity contribution in [2.45, 2.75) is 18.9 Å². The second-order valence-electron chi connectivity index (χ2n) is 3.94. The van der Waals surface area contributed by atoms with Crippen LogP contribution in [0.3, 0.4) is 0 Å². The van der Waals surface area contributed by atoms with E-state index in [1.54, 1.807) is 4.57 Å². The molecule has 0 atom stereocenters. The number of imidazole rings is 1. The van der Waals surface area contributed by atoms with E-state index in [1.165, 1.54) is 17.4 Å². The van der Waals surface area contributed by atoms with Crippen molar-refractivity contribution in [2.24, 2.45) is 0 Å². The van der Waals surface area contributed by atoms with Gasteiger partial charge in [-0.1, -0.05) is 0 Å². The molecule has 0 radical (unpaired) electrons. The highest BCUT2D eigenvalue weighted by Crippen LogP contribution is 2.23. The van der Waals surface area contributed by atoms with Gasteiger partial charge in [-0.25, -0.2) is 4.79 Å². The van der Waals surface area contributed by atoms with E-state index < -0.39 is 11.0 Å². The quantitative estimate of drug-likeness (QED) is 0.616. The van der Waals surface area contributed by atoms with Crippen molar-refractivity contribution in [1.82, 2.24) is 14.5 Å². The van der Waals surface area contributed by atoms with Crippen LogP contribution in [0.15, 0.2) is 12.5 Å². The predicted molar refractivity (Wildman–Crippen MR) is 56.8 cm³/mol. The maximum atomic E-state index is 10.7. The Hall–Kier alpha value is -2.12. The van der Waals surface area contributed by atoms with Gasteiger partial charge < -0.3 is 24.7 Å². The molecule has 2 heterocycles. The molecular formula is C9H12N4O4. The van der Waals surface area contributed by atoms with E-state index in [0.29, 0.717) is 25.9 Å². The van der Waals surface area contributed by atoms with Crippen LogP contribution >= 0.6 is 0 Å². The van der Waals surface area contributed by atoms with Crippen LogP contribution in [0.4, 0.5) is 10.6 Å². The second-order valence-corrected chi connectivity index (χ2v) is 3.94. The Balaban J connectivity index is 2.00. The van der Waals surface area contributed by atoms with Crippen LogP contribution in [-0.2, 0) is 0 Å². The van der Waals surface area contributed by atoms with Gasteiger partial charge in [-0.15, -0.1) is 0 Å². The summed E-state index contributed by atoms with van der Waals surface area (Å²) in [6, 6.07) is 0.0896. The van der Waals surface area contributed by atoms with Crippen molar-refractivity contribution in [1.29, 1.82) is 0 Å². The first-order chi connectivity index (χ1) is 8.08. The zero-order chi connectivity index (χ0) is 12.4. The number of piperidine rings is 1. The molecule has 0 unspecified atom stereocenters. The molecule has 8 heteroatoms. The minimum Gasteiger partial charge on any atom is -0.465 e. The number of carbonyl (C=O) groups is 1. The fourth-order valence-corrected chi connectivity index (χ4v) is 1.98. The average molecular weight is 240 g/mol. The largest absolute Gasteiger partial charge is 0.465 e. The maximum Gasteiger partial charge on any atom is 0.407 e. The Labute approximate surface area is 96.6 Å². The molecular weight excluding hydrogens is 228 g/mol. The molecule has 1 fully saturated rings. The first-order valence-electron chi connectivity index (χ1n) is 5.23. The first kappa shape index (κ1) is 11.4. The molecule has 0 bridgehead atoms. The van der Waals surface area contributed by atoms with Crippen molar-refractivity contribution in [3.63, 3.8) is 0 Å². The van der Waals surface area contributed by atoms with Crippen LogP contribution in [-0.4, -0.2) is 43.7 Å². The van der Waals surface area contributed by atoms with Crippen LogP contribution in [0, 0.1) is 10.1 Å². The zero-order valence-corrected chi connectivity index (χ0v) is 9.02. The maximum absolute atomic E-state index is 10.7. The molecule has 1 aromatic rings. The third-order valence-corrected chi connectivity index (χ3v) is 2.93. The lowest BCUT2D eigenvalue weighted by molar-refractivity contribution is -0.389. The number of hydrogen-bond acceptors (Lipinski definition) is 4. The van der Waals surface area contributed by atoms with E-state index in [4.69, 9.17) is 5.11 Å². The summed E-state index contributed by atoms with van der Waals surface area (Å²) < 4.78 is 1.69. The molecule has 1 aliphatic rings. The van der Waals surface area contributed by atoms with Crippen LogP contribution in [0.1, 0.15) is 18.9 Å². The van der Waals surface area contributed by atoms with Crippen molar-refractivity contribution >= 4 is 11.9 Å². The molecule has 1 amide bonds. The minimum atomic E-state index is -0.917. The first-order valence-corrected chi connectivity index (χ1v) is 5.23. The lowest BCUT2D eigenvalue weighted by atomic mass is 10.1. The molecule has 1 aliphatic heterocycles. The Bertz CT molecular complexity index is 436. The number of carboxylic acid groups (broad SMARTS) is 1. The van der Waals surface area contributed by atoms with E-state index in [9.17, 15) is 14.9 Å². The van der Waals surface area contributed by atoms with Gasteiger partial charge in [0.05, 0.1) is 0 Å². The summed E-state index contributed by atoms with van der Waals surface area (Å²) >= 11 is 0. The SMILES string of the molecule is O=C(O)N1CCC(n2cnc([N+](=O)[O-])c2)CC1. The van der Waals surface area contributed by atoms with Crippen LogP contribution < -0.4 is 0 Å². The number of nitrogens with zero attached hydrogens (tertiary/aromatic N) is 4. The fourth-order valence-electron chi connectivity index (χ4n) is 1.98. The van der Waals surface area contributed by atoms with E-state index in [0.717, 1.165) is 0 Å². The zero-order valence-electron chi connectivity index (χ0n) is 9.02. The van der Waals surface area contributed by atoms with Gasteiger partial charge in [-0.3, -0.25) is 0 Å². The number of amides is 1. The third-order valence-electron chi connectivity index (χ3n) is 2.93. The second kappa shape index (κ2) is 4.40. The van der Waals surface area contributed by atoms with Gasteiger partial charge in [0.1, 0.15) is 6.20 Å². The van der Waals surface area contributed by atoms with E-state index >= 15 is 0 Å². The van der Waals surface area contributed by atoms with Gasteiger partial charge in [-0.2, -0.15) is 0 Å². The lowest BCUT2D eigenvalue weighted by Crippen LogP contribution is -2.37. The van der Waals surface area contributed by atoms with E-state index in [2.05, 4.69) is 4.98 Å². The monoisotopic (exact) mass is 240 g/mol. The molecule has 92 valence electrons. The Kier molecular flexibility index (Phi) is 2.94. The molecule has 1 saturated heterocycles. The molecule has 0 aliphatic carbocycles. The van der Waals surface area contributed by atoms with Gasteiger partial charge in [-0.05, 0) is 22.7 Å². The number of aromatic nitrogens is 2. The van der Waals surface area contributed by atoms with Crippen molar-refractivity contribution in [3.8, 4) is 0 Å². The average Bonchev–Trinajstić information content (AvgIpc) is 2.78. The Morgan fingerprint density at radius 1 is 1.53 bits per heavy atom. The number of rotatable bonds is 2. The van der Waals surface area contributed by atoms with E-state index in [-0.39, 0.29) is 11.9 Å². The highest BCUT2D eigenvalue weighted by Gasteiger charge is 2.24. The van der Waals surface area contributed by atoms with Crippen LogP contribution in [0.25, 0.3) is 0 Å². The van der Waals surface area contributed by atoms with Gasteiger partial charge >= 0.3 is 11.9 Å². The third kappa shape index (κ3) is 2.35. The highest BCUT2D eigenvalue weighted by molar-refractivity contribution is 5.64. The summed E-state index contributed by atoms with van der Waals surface area (Å²) in [5, 5.41) is 19.3. The summed E-state index contributed by atoms with van der Waals surface area (Å²) in [4.78, 5) is 25.7. The normalized spacial score (nSPS) is 17.1. The van der Waals surface area contributed by atoms with Gasteiger partial charge in [0.25, 0.3) is 0 Å². The number of likely N-dealkylation sites (tertiary alicyclic amines) is 1. The summed E-state index contributed by atoms with van der Waals surface area (Å²) in [6.45, 7) is 0.901. The highest BCUT2D eigenvalue weighted by atomic mass is 16.6. The summed E-state index contributed by atoms with van der Waals surface area (Å²) in [7, 11) is 0. The minimum absolute atomic E-state index is 0.0896. The Morgan fingerprint density at radius 3 is 2.65 bits per heavy atom. The number of hydrogen-bond donors (Lipinski definition) is 1. The van der Waals surface area contributed by atoms with Crippen molar-refractivity contribution in [3.05, 3.63) is 22.6 Å². The van der Waals surface area contributed by atoms with Gasteiger partial charge in [0.15, 0.2) is 0 Å². The summed E-state index contributed by atoms with van der Waals surface area (Å²) in [6.07, 6.45) is 3.21. The fraction of sp³-hybridized carbons (Fsp3) is 0.556. The molecule has 1 N–H and O–H groups in total. The number of nitro groups is 1.